The van der Waals surface area contributed by atoms with Crippen LogP contribution in [0.15, 0.2) is 39.2 Å². The van der Waals surface area contributed by atoms with E-state index in [1.807, 2.05) is 12.1 Å². The second-order valence-corrected chi connectivity index (χ2v) is 6.35. The quantitative estimate of drug-likeness (QED) is 0.874. The molecule has 0 radical (unpaired) electrons. The van der Waals surface area contributed by atoms with Crippen LogP contribution >= 0.6 is 15.9 Å². The molecule has 21 heavy (non-hydrogen) atoms. The van der Waals surface area contributed by atoms with E-state index < -0.39 is 0 Å². The van der Waals surface area contributed by atoms with Gasteiger partial charge in [0.15, 0.2) is 0 Å². The molecule has 3 nitrogen and oxygen atoms in total. The number of rotatable bonds is 5. The lowest BCUT2D eigenvalue weighted by molar-refractivity contribution is 0.109. The normalized spacial score (nSPS) is 18.3. The van der Waals surface area contributed by atoms with E-state index in [-0.39, 0.29) is 0 Å². The third kappa shape index (κ3) is 3.76. The summed E-state index contributed by atoms with van der Waals surface area (Å²) in [6.07, 6.45) is 2.71. The number of hydrogen-bond donors (Lipinski definition) is 1. The van der Waals surface area contributed by atoms with Gasteiger partial charge in [-0.05, 0) is 49.6 Å². The van der Waals surface area contributed by atoms with E-state index >= 15 is 0 Å². The molecule has 1 unspecified atom stereocenters. The van der Waals surface area contributed by atoms with Gasteiger partial charge in [0, 0.05) is 23.2 Å². The maximum absolute atomic E-state index is 5.91. The van der Waals surface area contributed by atoms with Crippen molar-refractivity contribution in [3.63, 3.8) is 0 Å². The smallest absolute Gasteiger partial charge is 0.134 e. The van der Waals surface area contributed by atoms with Crippen molar-refractivity contribution in [1.29, 1.82) is 0 Å². The van der Waals surface area contributed by atoms with Crippen molar-refractivity contribution in [3.05, 3.63) is 46.1 Å². The van der Waals surface area contributed by atoms with Crippen LogP contribution in [-0.2, 0) is 11.3 Å². The minimum atomic E-state index is 0.369. The Kier molecular flexibility index (Phi) is 4.78. The van der Waals surface area contributed by atoms with Crippen LogP contribution in [0.25, 0.3) is 11.3 Å². The number of nitrogens with one attached hydrogen (secondary N) is 1. The first-order chi connectivity index (χ1) is 10.2. The summed E-state index contributed by atoms with van der Waals surface area (Å²) in [5, 5.41) is 3.40. The molecule has 0 saturated carbocycles. The Bertz CT molecular complexity index is 603. The van der Waals surface area contributed by atoms with Gasteiger partial charge in [0.2, 0.25) is 0 Å². The standard InChI is InChI=1S/C17H20BrNO2/c1-12-9-13(4-6-16(12)18)17-7-5-15(21-17)11-19-10-14-3-2-8-20-14/h4-7,9,14,19H,2-3,8,10-11H2,1H3. The van der Waals surface area contributed by atoms with Crippen LogP contribution in [0.5, 0.6) is 0 Å². The molecule has 1 aliphatic rings. The van der Waals surface area contributed by atoms with E-state index in [9.17, 15) is 0 Å². The number of aryl methyl sites for hydroxylation is 1. The monoisotopic (exact) mass is 349 g/mol. The van der Waals surface area contributed by atoms with Crippen LogP contribution < -0.4 is 5.32 Å². The van der Waals surface area contributed by atoms with Gasteiger partial charge in [0.05, 0.1) is 12.6 Å². The molecule has 112 valence electrons. The average molecular weight is 350 g/mol. The fraction of sp³-hybridized carbons (Fsp3) is 0.412. The zero-order chi connectivity index (χ0) is 14.7. The second-order valence-electron chi connectivity index (χ2n) is 5.50. The van der Waals surface area contributed by atoms with Gasteiger partial charge < -0.3 is 14.5 Å². The minimum Gasteiger partial charge on any atom is -0.460 e. The summed E-state index contributed by atoms with van der Waals surface area (Å²) in [7, 11) is 0. The lowest BCUT2D eigenvalue weighted by Gasteiger charge is -2.09. The van der Waals surface area contributed by atoms with Crippen LogP contribution in [0.3, 0.4) is 0 Å². The molecule has 2 aromatic rings. The second kappa shape index (κ2) is 6.77. The topological polar surface area (TPSA) is 34.4 Å². The molecular weight excluding hydrogens is 330 g/mol. The predicted octanol–water partition coefficient (Wildman–Crippen LogP) is 4.29. The molecular formula is C17H20BrNO2. The highest BCUT2D eigenvalue weighted by atomic mass is 79.9. The summed E-state index contributed by atoms with van der Waals surface area (Å²) in [4.78, 5) is 0. The van der Waals surface area contributed by atoms with Crippen molar-refractivity contribution in [1.82, 2.24) is 5.32 Å². The SMILES string of the molecule is Cc1cc(-c2ccc(CNCC3CCCO3)o2)ccc1Br. The molecule has 4 heteroatoms. The van der Waals surface area contributed by atoms with E-state index in [0.29, 0.717) is 6.10 Å². The molecule has 1 atom stereocenters. The third-order valence-electron chi connectivity index (χ3n) is 3.80. The number of halogens is 1. The molecule has 1 aliphatic heterocycles. The fourth-order valence-corrected chi connectivity index (χ4v) is 2.83. The zero-order valence-electron chi connectivity index (χ0n) is 12.2. The highest BCUT2D eigenvalue weighted by Gasteiger charge is 2.14. The van der Waals surface area contributed by atoms with Crippen molar-refractivity contribution in [2.75, 3.05) is 13.2 Å². The Labute approximate surface area is 133 Å². The van der Waals surface area contributed by atoms with Crippen LogP contribution in [-0.4, -0.2) is 19.3 Å². The Morgan fingerprint density at radius 3 is 2.95 bits per heavy atom. The van der Waals surface area contributed by atoms with Crippen molar-refractivity contribution >= 4 is 15.9 Å². The van der Waals surface area contributed by atoms with Crippen LogP contribution in [0.4, 0.5) is 0 Å². The Balaban J connectivity index is 1.58. The summed E-state index contributed by atoms with van der Waals surface area (Å²) in [5.41, 5.74) is 2.32. The van der Waals surface area contributed by atoms with E-state index in [2.05, 4.69) is 46.4 Å². The van der Waals surface area contributed by atoms with Gasteiger partial charge >= 0.3 is 0 Å². The van der Waals surface area contributed by atoms with Gasteiger partial charge in [-0.3, -0.25) is 0 Å². The van der Waals surface area contributed by atoms with Gasteiger partial charge in [0.1, 0.15) is 11.5 Å². The Hall–Kier alpha value is -1.10. The number of benzene rings is 1. The van der Waals surface area contributed by atoms with Gasteiger partial charge in [-0.15, -0.1) is 0 Å². The first-order valence-corrected chi connectivity index (χ1v) is 8.19. The zero-order valence-corrected chi connectivity index (χ0v) is 13.8. The minimum absolute atomic E-state index is 0.369. The number of ether oxygens (including phenoxy) is 1. The first-order valence-electron chi connectivity index (χ1n) is 7.40. The van der Waals surface area contributed by atoms with Gasteiger partial charge in [-0.2, -0.15) is 0 Å². The molecule has 1 saturated heterocycles. The highest BCUT2D eigenvalue weighted by molar-refractivity contribution is 9.10. The van der Waals surface area contributed by atoms with Crippen LogP contribution in [0.1, 0.15) is 24.2 Å². The summed E-state index contributed by atoms with van der Waals surface area (Å²) >= 11 is 3.52. The molecule has 0 aliphatic carbocycles. The Morgan fingerprint density at radius 1 is 1.29 bits per heavy atom. The van der Waals surface area contributed by atoms with E-state index in [1.54, 1.807) is 0 Å². The lowest BCUT2D eigenvalue weighted by atomic mass is 10.1. The summed E-state index contributed by atoms with van der Waals surface area (Å²) in [5.74, 6) is 1.88. The summed E-state index contributed by atoms with van der Waals surface area (Å²) in [6, 6.07) is 10.3. The highest BCUT2D eigenvalue weighted by Crippen LogP contribution is 2.26. The maximum atomic E-state index is 5.91. The third-order valence-corrected chi connectivity index (χ3v) is 4.69. The van der Waals surface area contributed by atoms with Crippen molar-refractivity contribution in [2.45, 2.75) is 32.4 Å². The van der Waals surface area contributed by atoms with Gasteiger partial charge in [-0.25, -0.2) is 0 Å². The molecule has 2 heterocycles. The molecule has 1 aromatic carbocycles. The average Bonchev–Trinajstić information content (AvgIpc) is 3.13. The van der Waals surface area contributed by atoms with Gasteiger partial charge in [0.25, 0.3) is 0 Å². The molecule has 1 aromatic heterocycles. The number of hydrogen-bond acceptors (Lipinski definition) is 3. The van der Waals surface area contributed by atoms with E-state index in [4.69, 9.17) is 9.15 Å². The fourth-order valence-electron chi connectivity index (χ4n) is 2.59. The summed E-state index contributed by atoms with van der Waals surface area (Å²) in [6.45, 7) is 4.63. The maximum Gasteiger partial charge on any atom is 0.134 e. The number of furan rings is 1. The van der Waals surface area contributed by atoms with Crippen LogP contribution in [0, 0.1) is 6.92 Å². The molecule has 0 bridgehead atoms. The molecule has 0 spiro atoms. The van der Waals surface area contributed by atoms with E-state index in [1.165, 1.54) is 12.0 Å². The van der Waals surface area contributed by atoms with Crippen molar-refractivity contribution < 1.29 is 9.15 Å². The summed E-state index contributed by atoms with van der Waals surface area (Å²) < 4.78 is 12.6. The van der Waals surface area contributed by atoms with E-state index in [0.717, 1.165) is 47.7 Å². The molecule has 0 amide bonds. The van der Waals surface area contributed by atoms with Crippen molar-refractivity contribution in [2.24, 2.45) is 0 Å². The molecule has 3 rings (SSSR count). The molecule has 1 fully saturated rings. The van der Waals surface area contributed by atoms with Crippen LogP contribution in [0.2, 0.25) is 0 Å². The Morgan fingerprint density at radius 2 is 2.19 bits per heavy atom. The molecule has 1 N–H and O–H groups in total. The lowest BCUT2D eigenvalue weighted by Crippen LogP contribution is -2.25. The predicted molar refractivity (Wildman–Crippen MR) is 87.3 cm³/mol. The van der Waals surface area contributed by atoms with Crippen molar-refractivity contribution in [3.8, 4) is 11.3 Å². The first kappa shape index (κ1) is 14.8. The van der Waals surface area contributed by atoms with Gasteiger partial charge in [-0.1, -0.05) is 22.0 Å². The largest absolute Gasteiger partial charge is 0.460 e.